The summed E-state index contributed by atoms with van der Waals surface area (Å²) in [4.78, 5) is 10.7. The van der Waals surface area contributed by atoms with Crippen molar-refractivity contribution in [3.63, 3.8) is 0 Å². The lowest BCUT2D eigenvalue weighted by atomic mass is 10.2. The fourth-order valence-electron chi connectivity index (χ4n) is 1.45. The topological polar surface area (TPSA) is 35.5 Å². The van der Waals surface area contributed by atoms with Gasteiger partial charge in [0.25, 0.3) is 0 Å². The smallest absolute Gasteiger partial charge is 0.330 e. The summed E-state index contributed by atoms with van der Waals surface area (Å²) in [6, 6.07) is 0. The molecule has 0 rings (SSSR count). The molecule has 0 aromatic carbocycles. The fourth-order valence-corrected chi connectivity index (χ4v) is 1.45. The summed E-state index contributed by atoms with van der Waals surface area (Å²) in [5.74, 6) is -0.336. The lowest BCUT2D eigenvalue weighted by molar-refractivity contribution is -0.137. The fraction of sp³-hybridized carbons (Fsp3) is 0.786. The second-order valence-corrected chi connectivity index (χ2v) is 4.11. The van der Waals surface area contributed by atoms with E-state index >= 15 is 0 Å². The molecule has 0 radical (unpaired) electrons. The minimum Gasteiger partial charge on any atom is -0.463 e. The molecule has 0 aromatic rings. The molecule has 0 saturated carbocycles. The van der Waals surface area contributed by atoms with Gasteiger partial charge in [-0.25, -0.2) is 4.79 Å². The van der Waals surface area contributed by atoms with E-state index in [0.29, 0.717) is 6.61 Å². The molecule has 0 bridgehead atoms. The van der Waals surface area contributed by atoms with Crippen LogP contribution in [0.25, 0.3) is 0 Å². The number of hydrogen-bond donors (Lipinski definition) is 0. The minimum atomic E-state index is -0.336. The maximum absolute atomic E-state index is 10.7. The third-order valence-electron chi connectivity index (χ3n) is 2.49. The number of hydrogen-bond acceptors (Lipinski definition) is 3. The number of rotatable bonds is 12. The molecule has 0 unspecified atom stereocenters. The van der Waals surface area contributed by atoms with Gasteiger partial charge in [0.15, 0.2) is 0 Å². The number of esters is 1. The van der Waals surface area contributed by atoms with Crippen molar-refractivity contribution in [2.45, 2.75) is 51.9 Å². The molecule has 0 N–H and O–H groups in total. The molecular weight excluding hydrogens is 216 g/mol. The van der Waals surface area contributed by atoms with Crippen LogP contribution in [0.15, 0.2) is 12.7 Å². The first kappa shape index (κ1) is 16.2. The van der Waals surface area contributed by atoms with Crippen LogP contribution in [0.1, 0.15) is 51.9 Å². The lowest BCUT2D eigenvalue weighted by Gasteiger charge is -2.04. The van der Waals surface area contributed by atoms with Crippen molar-refractivity contribution in [3.05, 3.63) is 12.7 Å². The van der Waals surface area contributed by atoms with Gasteiger partial charge in [0.2, 0.25) is 0 Å². The van der Waals surface area contributed by atoms with Gasteiger partial charge in [0, 0.05) is 19.3 Å². The van der Waals surface area contributed by atoms with Crippen molar-refractivity contribution in [2.24, 2.45) is 0 Å². The second-order valence-electron chi connectivity index (χ2n) is 4.11. The Hall–Kier alpha value is -0.830. The number of carbonyl (C=O) groups excluding carboxylic acids is 1. The summed E-state index contributed by atoms with van der Waals surface area (Å²) >= 11 is 0. The van der Waals surface area contributed by atoms with Gasteiger partial charge in [0.1, 0.15) is 0 Å². The standard InChI is InChI=1S/C14H26O3/c1-3-5-6-8-11-16-12-9-7-10-13-17-14(15)4-2/h4H,2-3,5-13H2,1H3. The first-order valence-corrected chi connectivity index (χ1v) is 6.68. The van der Waals surface area contributed by atoms with E-state index in [4.69, 9.17) is 9.47 Å². The van der Waals surface area contributed by atoms with E-state index in [2.05, 4.69) is 13.5 Å². The highest BCUT2D eigenvalue weighted by Crippen LogP contribution is 2.01. The molecule has 3 heteroatoms. The van der Waals surface area contributed by atoms with Crippen molar-refractivity contribution in [3.8, 4) is 0 Å². The van der Waals surface area contributed by atoms with Crippen molar-refractivity contribution in [1.29, 1.82) is 0 Å². The maximum atomic E-state index is 10.7. The van der Waals surface area contributed by atoms with Gasteiger partial charge in [-0.2, -0.15) is 0 Å². The van der Waals surface area contributed by atoms with Gasteiger partial charge in [0.05, 0.1) is 6.61 Å². The Morgan fingerprint density at radius 3 is 2.18 bits per heavy atom. The first-order valence-electron chi connectivity index (χ1n) is 6.68. The Balaban J connectivity index is 2.98. The molecule has 0 aliphatic rings. The molecule has 0 aliphatic heterocycles. The Morgan fingerprint density at radius 2 is 1.59 bits per heavy atom. The van der Waals surface area contributed by atoms with Crippen LogP contribution in [0.2, 0.25) is 0 Å². The Labute approximate surface area is 105 Å². The molecule has 0 amide bonds. The molecule has 0 saturated heterocycles. The molecule has 3 nitrogen and oxygen atoms in total. The predicted molar refractivity (Wildman–Crippen MR) is 70.0 cm³/mol. The van der Waals surface area contributed by atoms with E-state index in [1.54, 1.807) is 0 Å². The maximum Gasteiger partial charge on any atom is 0.330 e. The predicted octanol–water partition coefficient (Wildman–Crippen LogP) is 3.48. The van der Waals surface area contributed by atoms with Crippen molar-refractivity contribution in [1.82, 2.24) is 0 Å². The van der Waals surface area contributed by atoms with Crippen LogP contribution in [0.3, 0.4) is 0 Å². The Morgan fingerprint density at radius 1 is 1.00 bits per heavy atom. The third kappa shape index (κ3) is 13.1. The largest absolute Gasteiger partial charge is 0.463 e. The van der Waals surface area contributed by atoms with Gasteiger partial charge in [-0.3, -0.25) is 0 Å². The Bertz CT molecular complexity index is 190. The zero-order valence-electron chi connectivity index (χ0n) is 11.1. The van der Waals surface area contributed by atoms with Crippen LogP contribution in [0, 0.1) is 0 Å². The van der Waals surface area contributed by atoms with Gasteiger partial charge < -0.3 is 9.47 Å². The van der Waals surface area contributed by atoms with E-state index in [1.807, 2.05) is 0 Å². The van der Waals surface area contributed by atoms with E-state index < -0.39 is 0 Å². The van der Waals surface area contributed by atoms with E-state index in [0.717, 1.165) is 32.5 Å². The highest BCUT2D eigenvalue weighted by Gasteiger charge is 1.95. The summed E-state index contributed by atoms with van der Waals surface area (Å²) in [6.07, 6.45) is 9.19. The average Bonchev–Trinajstić information content (AvgIpc) is 2.35. The number of ether oxygens (including phenoxy) is 2. The average molecular weight is 242 g/mol. The second kappa shape index (κ2) is 13.2. The van der Waals surface area contributed by atoms with Gasteiger partial charge in [-0.05, 0) is 25.7 Å². The van der Waals surface area contributed by atoms with Gasteiger partial charge in [-0.15, -0.1) is 0 Å². The highest BCUT2D eigenvalue weighted by molar-refractivity contribution is 5.81. The quantitative estimate of drug-likeness (QED) is 0.298. The van der Waals surface area contributed by atoms with E-state index in [9.17, 15) is 4.79 Å². The van der Waals surface area contributed by atoms with Crippen LogP contribution in [0.5, 0.6) is 0 Å². The molecule has 0 heterocycles. The van der Waals surface area contributed by atoms with Gasteiger partial charge in [-0.1, -0.05) is 32.8 Å². The van der Waals surface area contributed by atoms with E-state index in [1.165, 1.54) is 31.8 Å². The molecular formula is C14H26O3. The van der Waals surface area contributed by atoms with Crippen LogP contribution >= 0.6 is 0 Å². The van der Waals surface area contributed by atoms with Crippen molar-refractivity contribution >= 4 is 5.97 Å². The third-order valence-corrected chi connectivity index (χ3v) is 2.49. The molecule has 17 heavy (non-hydrogen) atoms. The summed E-state index contributed by atoms with van der Waals surface area (Å²) < 4.78 is 10.4. The van der Waals surface area contributed by atoms with Crippen molar-refractivity contribution in [2.75, 3.05) is 19.8 Å². The van der Waals surface area contributed by atoms with Crippen LogP contribution < -0.4 is 0 Å². The molecule has 0 fully saturated rings. The Kier molecular flexibility index (Phi) is 12.6. The highest BCUT2D eigenvalue weighted by atomic mass is 16.5. The zero-order chi connectivity index (χ0) is 12.8. The molecule has 0 aromatic heterocycles. The zero-order valence-corrected chi connectivity index (χ0v) is 11.1. The molecule has 0 atom stereocenters. The van der Waals surface area contributed by atoms with Crippen LogP contribution in [-0.4, -0.2) is 25.8 Å². The van der Waals surface area contributed by atoms with Crippen LogP contribution in [0.4, 0.5) is 0 Å². The monoisotopic (exact) mass is 242 g/mol. The normalized spacial score (nSPS) is 10.2. The van der Waals surface area contributed by atoms with Crippen LogP contribution in [-0.2, 0) is 14.3 Å². The molecule has 100 valence electrons. The lowest BCUT2D eigenvalue weighted by Crippen LogP contribution is -2.02. The SMILES string of the molecule is C=CC(=O)OCCCCCOCCCCCC. The summed E-state index contributed by atoms with van der Waals surface area (Å²) in [5, 5.41) is 0. The van der Waals surface area contributed by atoms with E-state index in [-0.39, 0.29) is 5.97 Å². The number of carbonyl (C=O) groups is 1. The summed E-state index contributed by atoms with van der Waals surface area (Å²) in [5.41, 5.74) is 0. The molecule has 0 aliphatic carbocycles. The number of unbranched alkanes of at least 4 members (excludes halogenated alkanes) is 5. The van der Waals surface area contributed by atoms with Gasteiger partial charge >= 0.3 is 5.97 Å². The summed E-state index contributed by atoms with van der Waals surface area (Å²) in [6.45, 7) is 7.73. The minimum absolute atomic E-state index is 0.336. The van der Waals surface area contributed by atoms with Crippen molar-refractivity contribution < 1.29 is 14.3 Å². The molecule has 0 spiro atoms. The summed E-state index contributed by atoms with van der Waals surface area (Å²) in [7, 11) is 0. The first-order chi connectivity index (χ1) is 8.31.